The lowest BCUT2D eigenvalue weighted by Crippen LogP contribution is -2.36. The topological polar surface area (TPSA) is 75.4 Å². The largest absolute Gasteiger partial charge is 0.481 e. The molecule has 0 saturated heterocycles. The molecule has 106 valence electrons. The first-order valence-corrected chi connectivity index (χ1v) is 6.33. The van der Waals surface area contributed by atoms with Crippen molar-refractivity contribution in [3.63, 3.8) is 0 Å². The molecule has 1 aromatic heterocycles. The van der Waals surface area contributed by atoms with Crippen molar-refractivity contribution in [2.45, 2.75) is 27.2 Å². The van der Waals surface area contributed by atoms with Crippen LogP contribution in [0.25, 0.3) is 0 Å². The first-order valence-electron chi connectivity index (χ1n) is 6.33. The van der Waals surface area contributed by atoms with Crippen LogP contribution in [-0.4, -0.2) is 44.8 Å². The zero-order valence-electron chi connectivity index (χ0n) is 11.9. The van der Waals surface area contributed by atoms with Crippen LogP contribution in [0.15, 0.2) is 6.07 Å². The highest BCUT2D eigenvalue weighted by molar-refractivity contribution is 5.92. The molecule has 0 aliphatic rings. The second-order valence-corrected chi connectivity index (χ2v) is 5.08. The number of hydrogen-bond acceptors (Lipinski definition) is 3. The van der Waals surface area contributed by atoms with E-state index in [-0.39, 0.29) is 24.8 Å². The molecule has 0 atom stereocenters. The number of amides is 1. The van der Waals surface area contributed by atoms with Crippen molar-refractivity contribution in [1.29, 1.82) is 0 Å². The molecule has 0 fully saturated rings. The van der Waals surface area contributed by atoms with Gasteiger partial charge in [0.25, 0.3) is 5.91 Å². The van der Waals surface area contributed by atoms with E-state index >= 15 is 0 Å². The SMILES string of the molecule is Cc1cc(C(=O)N(CCC(=O)O)CC(C)C)nn1C. The first-order chi connectivity index (χ1) is 8.81. The highest BCUT2D eigenvalue weighted by atomic mass is 16.4. The Morgan fingerprint density at radius 3 is 2.53 bits per heavy atom. The van der Waals surface area contributed by atoms with E-state index in [2.05, 4.69) is 5.10 Å². The zero-order chi connectivity index (χ0) is 14.6. The Morgan fingerprint density at radius 2 is 2.11 bits per heavy atom. The average molecular weight is 267 g/mol. The van der Waals surface area contributed by atoms with Crippen molar-refractivity contribution in [2.75, 3.05) is 13.1 Å². The van der Waals surface area contributed by atoms with Gasteiger partial charge in [-0.3, -0.25) is 14.3 Å². The van der Waals surface area contributed by atoms with Crippen LogP contribution in [0.2, 0.25) is 0 Å². The summed E-state index contributed by atoms with van der Waals surface area (Å²) in [6, 6.07) is 1.72. The molecular weight excluding hydrogens is 246 g/mol. The van der Waals surface area contributed by atoms with Crippen LogP contribution >= 0.6 is 0 Å². The summed E-state index contributed by atoms with van der Waals surface area (Å²) >= 11 is 0. The Balaban J connectivity index is 2.83. The van der Waals surface area contributed by atoms with Gasteiger partial charge in [-0.2, -0.15) is 5.10 Å². The van der Waals surface area contributed by atoms with E-state index in [0.717, 1.165) is 5.69 Å². The summed E-state index contributed by atoms with van der Waals surface area (Å²) in [6.45, 7) is 6.59. The van der Waals surface area contributed by atoms with Crippen LogP contribution in [0.4, 0.5) is 0 Å². The predicted molar refractivity (Wildman–Crippen MR) is 70.9 cm³/mol. The number of nitrogens with zero attached hydrogens (tertiary/aromatic N) is 3. The van der Waals surface area contributed by atoms with Crippen LogP contribution in [-0.2, 0) is 11.8 Å². The maximum atomic E-state index is 12.3. The van der Waals surface area contributed by atoms with Crippen LogP contribution in [0.5, 0.6) is 0 Å². The summed E-state index contributed by atoms with van der Waals surface area (Å²) in [5, 5.41) is 12.9. The molecular formula is C13H21N3O3. The third kappa shape index (κ3) is 4.39. The molecule has 0 aliphatic heterocycles. The molecule has 0 saturated carbocycles. The summed E-state index contributed by atoms with van der Waals surface area (Å²) < 4.78 is 1.64. The fourth-order valence-corrected chi connectivity index (χ4v) is 1.77. The number of aromatic nitrogens is 2. The molecule has 0 unspecified atom stereocenters. The molecule has 0 radical (unpaired) electrons. The maximum absolute atomic E-state index is 12.3. The highest BCUT2D eigenvalue weighted by Gasteiger charge is 2.20. The van der Waals surface area contributed by atoms with Gasteiger partial charge in [0.15, 0.2) is 5.69 Å². The number of rotatable bonds is 6. The molecule has 1 amide bonds. The third-order valence-corrected chi connectivity index (χ3v) is 2.80. The second kappa shape index (κ2) is 6.36. The van der Waals surface area contributed by atoms with E-state index in [0.29, 0.717) is 12.2 Å². The summed E-state index contributed by atoms with van der Waals surface area (Å²) in [6.07, 6.45) is -0.0513. The smallest absolute Gasteiger partial charge is 0.305 e. The lowest BCUT2D eigenvalue weighted by molar-refractivity contribution is -0.137. The van der Waals surface area contributed by atoms with Gasteiger partial charge in [-0.1, -0.05) is 13.8 Å². The number of carbonyl (C=O) groups excluding carboxylic acids is 1. The van der Waals surface area contributed by atoms with Gasteiger partial charge in [0, 0.05) is 25.8 Å². The van der Waals surface area contributed by atoms with Crippen molar-refractivity contribution in [3.8, 4) is 0 Å². The van der Waals surface area contributed by atoms with Gasteiger partial charge < -0.3 is 10.0 Å². The summed E-state index contributed by atoms with van der Waals surface area (Å²) in [5.74, 6) is -0.833. The number of aryl methyl sites for hydroxylation is 2. The van der Waals surface area contributed by atoms with Gasteiger partial charge in [0.05, 0.1) is 6.42 Å². The van der Waals surface area contributed by atoms with Gasteiger partial charge in [0.2, 0.25) is 0 Å². The molecule has 1 rings (SSSR count). The average Bonchev–Trinajstić information content (AvgIpc) is 2.63. The second-order valence-electron chi connectivity index (χ2n) is 5.08. The highest BCUT2D eigenvalue weighted by Crippen LogP contribution is 2.09. The zero-order valence-corrected chi connectivity index (χ0v) is 11.9. The number of hydrogen-bond donors (Lipinski definition) is 1. The summed E-state index contributed by atoms with van der Waals surface area (Å²) in [7, 11) is 1.77. The molecule has 1 heterocycles. The van der Waals surface area contributed by atoms with E-state index < -0.39 is 5.97 Å². The Hall–Kier alpha value is -1.85. The molecule has 6 heteroatoms. The van der Waals surface area contributed by atoms with Gasteiger partial charge in [0.1, 0.15) is 0 Å². The Bertz CT molecular complexity index is 446. The van der Waals surface area contributed by atoms with Crippen LogP contribution < -0.4 is 0 Å². The fraction of sp³-hybridized carbons (Fsp3) is 0.615. The molecule has 0 bridgehead atoms. The van der Waals surface area contributed by atoms with Crippen LogP contribution in [0.1, 0.15) is 36.5 Å². The van der Waals surface area contributed by atoms with Crippen LogP contribution in [0.3, 0.4) is 0 Å². The van der Waals surface area contributed by atoms with E-state index in [4.69, 9.17) is 5.11 Å². The first kappa shape index (κ1) is 15.2. The Labute approximate surface area is 113 Å². The number of carboxylic acids is 1. The monoisotopic (exact) mass is 267 g/mol. The minimum absolute atomic E-state index is 0.0513. The van der Waals surface area contributed by atoms with E-state index in [1.807, 2.05) is 20.8 Å². The molecule has 19 heavy (non-hydrogen) atoms. The number of carbonyl (C=O) groups is 2. The summed E-state index contributed by atoms with van der Waals surface area (Å²) in [5.41, 5.74) is 1.26. The number of carboxylic acid groups (broad SMARTS) is 1. The molecule has 0 aromatic carbocycles. The standard InChI is InChI=1S/C13H21N3O3/c1-9(2)8-16(6-5-12(17)18)13(19)11-7-10(3)15(4)14-11/h7,9H,5-6,8H2,1-4H3,(H,17,18). The van der Waals surface area contributed by atoms with Crippen molar-refractivity contribution < 1.29 is 14.7 Å². The minimum atomic E-state index is -0.904. The normalized spacial score (nSPS) is 10.8. The van der Waals surface area contributed by atoms with Gasteiger partial charge in [-0.15, -0.1) is 0 Å². The molecule has 0 aliphatic carbocycles. The fourth-order valence-electron chi connectivity index (χ4n) is 1.77. The Morgan fingerprint density at radius 1 is 1.47 bits per heavy atom. The van der Waals surface area contributed by atoms with Crippen molar-refractivity contribution in [2.24, 2.45) is 13.0 Å². The van der Waals surface area contributed by atoms with E-state index in [1.54, 1.807) is 22.7 Å². The Kier molecular flexibility index (Phi) is 5.09. The van der Waals surface area contributed by atoms with E-state index in [1.165, 1.54) is 0 Å². The van der Waals surface area contributed by atoms with Crippen LogP contribution in [0, 0.1) is 12.8 Å². The predicted octanol–water partition coefficient (Wildman–Crippen LogP) is 1.30. The lowest BCUT2D eigenvalue weighted by Gasteiger charge is -2.23. The van der Waals surface area contributed by atoms with E-state index in [9.17, 15) is 9.59 Å². The van der Waals surface area contributed by atoms with Gasteiger partial charge in [-0.25, -0.2) is 0 Å². The number of aliphatic carboxylic acids is 1. The van der Waals surface area contributed by atoms with Crippen molar-refractivity contribution in [3.05, 3.63) is 17.5 Å². The van der Waals surface area contributed by atoms with Gasteiger partial charge >= 0.3 is 5.97 Å². The van der Waals surface area contributed by atoms with Crippen molar-refractivity contribution >= 4 is 11.9 Å². The minimum Gasteiger partial charge on any atom is -0.481 e. The molecule has 0 spiro atoms. The quantitative estimate of drug-likeness (QED) is 0.843. The molecule has 6 nitrogen and oxygen atoms in total. The molecule has 1 N–H and O–H groups in total. The molecule has 1 aromatic rings. The summed E-state index contributed by atoms with van der Waals surface area (Å²) in [4.78, 5) is 24.5. The van der Waals surface area contributed by atoms with Gasteiger partial charge in [-0.05, 0) is 18.9 Å². The van der Waals surface area contributed by atoms with Crippen molar-refractivity contribution in [1.82, 2.24) is 14.7 Å². The third-order valence-electron chi connectivity index (χ3n) is 2.80. The maximum Gasteiger partial charge on any atom is 0.305 e. The lowest BCUT2D eigenvalue weighted by atomic mass is 10.2.